The molecule has 0 bridgehead atoms. The van der Waals surface area contributed by atoms with Crippen molar-refractivity contribution in [3.63, 3.8) is 0 Å². The number of ether oxygens (including phenoxy) is 1. The molecule has 0 aliphatic heterocycles. The molecule has 1 amide bonds. The first kappa shape index (κ1) is 24.1. The van der Waals surface area contributed by atoms with E-state index in [2.05, 4.69) is 88.9 Å². The lowest BCUT2D eigenvalue weighted by Crippen LogP contribution is -2.37. The van der Waals surface area contributed by atoms with Crippen molar-refractivity contribution in [1.82, 2.24) is 14.9 Å². The van der Waals surface area contributed by atoms with Crippen LogP contribution in [0.4, 0.5) is 4.79 Å². The molecule has 0 aliphatic carbocycles. The molecule has 5 aromatic rings. The van der Waals surface area contributed by atoms with Crippen LogP contribution < -0.4 is 5.32 Å². The van der Waals surface area contributed by atoms with Crippen molar-refractivity contribution in [2.75, 3.05) is 6.54 Å². The Hall–Kier alpha value is -4.64. The molecule has 0 unspecified atom stereocenters. The molecule has 0 atom stereocenters. The zero-order valence-corrected chi connectivity index (χ0v) is 20.5. The molecule has 5 heteroatoms. The van der Waals surface area contributed by atoms with Gasteiger partial charge in [-0.3, -0.25) is 0 Å². The predicted molar refractivity (Wildman–Crippen MR) is 145 cm³/mol. The lowest BCUT2D eigenvalue weighted by Gasteiger charge is -2.37. The average Bonchev–Trinajstić information content (AvgIpc) is 3.44. The minimum Gasteiger partial charge on any atom is -0.445 e. The lowest BCUT2D eigenvalue weighted by molar-refractivity contribution is 0.140. The van der Waals surface area contributed by atoms with Crippen LogP contribution in [0.25, 0.3) is 0 Å². The van der Waals surface area contributed by atoms with E-state index in [0.717, 1.165) is 27.9 Å². The molecule has 4 aromatic carbocycles. The zero-order chi connectivity index (χ0) is 25.3. The zero-order valence-electron chi connectivity index (χ0n) is 20.5. The average molecular weight is 488 g/mol. The number of imidazole rings is 1. The van der Waals surface area contributed by atoms with Gasteiger partial charge in [0.25, 0.3) is 0 Å². The normalized spacial score (nSPS) is 11.1. The van der Waals surface area contributed by atoms with Crippen molar-refractivity contribution < 1.29 is 9.53 Å². The summed E-state index contributed by atoms with van der Waals surface area (Å²) >= 11 is 0. The monoisotopic (exact) mass is 487 g/mol. The third-order valence-corrected chi connectivity index (χ3v) is 6.46. The van der Waals surface area contributed by atoms with Crippen molar-refractivity contribution in [2.45, 2.75) is 18.6 Å². The van der Waals surface area contributed by atoms with E-state index in [4.69, 9.17) is 9.72 Å². The largest absolute Gasteiger partial charge is 0.445 e. The summed E-state index contributed by atoms with van der Waals surface area (Å²) in [5.74, 6) is 0. The molecule has 1 aromatic heterocycles. The Labute approximate surface area is 217 Å². The minimum absolute atomic E-state index is 0.245. The molecule has 0 saturated carbocycles. The second-order valence-corrected chi connectivity index (χ2v) is 8.82. The van der Waals surface area contributed by atoms with Crippen LogP contribution in [-0.2, 0) is 23.3 Å². The van der Waals surface area contributed by atoms with Gasteiger partial charge < -0.3 is 14.6 Å². The van der Waals surface area contributed by atoms with Gasteiger partial charge in [0.1, 0.15) is 12.1 Å². The number of alkyl carbamates (subject to hydrolysis) is 1. The summed E-state index contributed by atoms with van der Waals surface area (Å²) in [6, 6.07) is 41.1. The van der Waals surface area contributed by atoms with Gasteiger partial charge >= 0.3 is 6.09 Å². The van der Waals surface area contributed by atoms with E-state index < -0.39 is 11.6 Å². The molecular weight excluding hydrogens is 458 g/mol. The second-order valence-electron chi connectivity index (χ2n) is 8.82. The number of hydrogen-bond acceptors (Lipinski definition) is 3. The number of rotatable bonds is 9. The fourth-order valence-electron chi connectivity index (χ4n) is 4.73. The van der Waals surface area contributed by atoms with E-state index in [1.165, 1.54) is 0 Å². The van der Waals surface area contributed by atoms with Crippen molar-refractivity contribution in [2.24, 2.45) is 0 Å². The van der Waals surface area contributed by atoms with E-state index in [1.807, 2.05) is 54.9 Å². The van der Waals surface area contributed by atoms with Gasteiger partial charge in [0.2, 0.25) is 0 Å². The summed E-state index contributed by atoms with van der Waals surface area (Å²) in [6.07, 6.45) is 4.11. The summed E-state index contributed by atoms with van der Waals surface area (Å²) in [4.78, 5) is 16.9. The number of nitrogens with one attached hydrogen (secondary N) is 1. The van der Waals surface area contributed by atoms with Gasteiger partial charge in [0.15, 0.2) is 0 Å². The number of benzene rings is 4. The Bertz CT molecular complexity index is 1310. The van der Waals surface area contributed by atoms with E-state index in [0.29, 0.717) is 13.0 Å². The summed E-state index contributed by atoms with van der Waals surface area (Å²) in [7, 11) is 0. The molecule has 37 heavy (non-hydrogen) atoms. The van der Waals surface area contributed by atoms with Crippen LogP contribution in [0.1, 0.15) is 27.9 Å². The van der Waals surface area contributed by atoms with Crippen molar-refractivity contribution in [3.05, 3.63) is 162 Å². The Morgan fingerprint density at radius 3 is 1.73 bits per heavy atom. The van der Waals surface area contributed by atoms with Crippen LogP contribution in [0.15, 0.2) is 134 Å². The van der Waals surface area contributed by atoms with Gasteiger partial charge in [0, 0.05) is 19.2 Å². The van der Waals surface area contributed by atoms with Gasteiger partial charge in [-0.25, -0.2) is 9.78 Å². The summed E-state index contributed by atoms with van der Waals surface area (Å²) < 4.78 is 7.50. The molecule has 184 valence electrons. The second kappa shape index (κ2) is 11.4. The highest BCUT2D eigenvalue weighted by molar-refractivity contribution is 5.67. The van der Waals surface area contributed by atoms with Crippen LogP contribution in [-0.4, -0.2) is 22.2 Å². The summed E-state index contributed by atoms with van der Waals surface area (Å²) in [5, 5.41) is 2.83. The maximum Gasteiger partial charge on any atom is 0.407 e. The Kier molecular flexibility index (Phi) is 7.42. The van der Waals surface area contributed by atoms with Crippen LogP contribution in [0, 0.1) is 0 Å². The standard InChI is InChI=1S/C32H29N3O2/c36-31(37-24-26-13-5-1-6-14-26)33-22-21-30-23-35(25-34-30)32(27-15-7-2-8-16-27,28-17-9-3-10-18-28)29-19-11-4-12-20-29/h1-20,23,25H,21-22,24H2,(H,33,36). The molecule has 0 spiro atoms. The van der Waals surface area contributed by atoms with E-state index >= 15 is 0 Å². The number of hydrogen-bond donors (Lipinski definition) is 1. The highest BCUT2D eigenvalue weighted by Gasteiger charge is 2.38. The smallest absolute Gasteiger partial charge is 0.407 e. The summed E-state index contributed by atoms with van der Waals surface area (Å²) in [6.45, 7) is 0.675. The summed E-state index contributed by atoms with van der Waals surface area (Å²) in [5.41, 5.74) is 4.65. The molecule has 5 rings (SSSR count). The topological polar surface area (TPSA) is 56.2 Å². The fraction of sp³-hybridized carbons (Fsp3) is 0.125. The number of nitrogens with zero attached hydrogens (tertiary/aromatic N) is 2. The highest BCUT2D eigenvalue weighted by Crippen LogP contribution is 2.40. The SMILES string of the molecule is O=C(NCCc1cn(C(c2ccccc2)(c2ccccc2)c2ccccc2)cn1)OCc1ccccc1. The Morgan fingerprint density at radius 2 is 1.22 bits per heavy atom. The van der Waals surface area contributed by atoms with Crippen molar-refractivity contribution in [1.29, 1.82) is 0 Å². The number of amides is 1. The van der Waals surface area contributed by atoms with Crippen LogP contribution in [0.5, 0.6) is 0 Å². The van der Waals surface area contributed by atoms with Gasteiger partial charge in [-0.05, 0) is 22.3 Å². The molecule has 1 heterocycles. The van der Waals surface area contributed by atoms with Crippen molar-refractivity contribution >= 4 is 6.09 Å². The third-order valence-electron chi connectivity index (χ3n) is 6.46. The van der Waals surface area contributed by atoms with Crippen LogP contribution >= 0.6 is 0 Å². The molecule has 0 fully saturated rings. The molecule has 5 nitrogen and oxygen atoms in total. The first-order valence-electron chi connectivity index (χ1n) is 12.4. The fourth-order valence-corrected chi connectivity index (χ4v) is 4.73. The Balaban J connectivity index is 1.39. The number of carbonyl (C=O) groups is 1. The third kappa shape index (κ3) is 5.31. The van der Waals surface area contributed by atoms with Gasteiger partial charge in [0.05, 0.1) is 12.0 Å². The first-order chi connectivity index (χ1) is 18.3. The van der Waals surface area contributed by atoms with E-state index in [-0.39, 0.29) is 6.61 Å². The quantitative estimate of drug-likeness (QED) is 0.252. The highest BCUT2D eigenvalue weighted by atomic mass is 16.5. The van der Waals surface area contributed by atoms with E-state index in [9.17, 15) is 4.79 Å². The minimum atomic E-state index is -0.600. The lowest BCUT2D eigenvalue weighted by atomic mass is 9.77. The van der Waals surface area contributed by atoms with Crippen LogP contribution in [0.3, 0.4) is 0 Å². The van der Waals surface area contributed by atoms with E-state index in [1.54, 1.807) is 0 Å². The molecule has 0 aliphatic rings. The van der Waals surface area contributed by atoms with Gasteiger partial charge in [-0.15, -0.1) is 0 Å². The number of aromatic nitrogens is 2. The van der Waals surface area contributed by atoms with Gasteiger partial charge in [-0.1, -0.05) is 121 Å². The van der Waals surface area contributed by atoms with Crippen molar-refractivity contribution in [3.8, 4) is 0 Å². The molecule has 1 N–H and O–H groups in total. The maximum absolute atomic E-state index is 12.2. The Morgan fingerprint density at radius 1 is 0.730 bits per heavy atom. The predicted octanol–water partition coefficient (Wildman–Crippen LogP) is 6.19. The van der Waals surface area contributed by atoms with Crippen LogP contribution in [0.2, 0.25) is 0 Å². The number of carbonyl (C=O) groups excluding carboxylic acids is 1. The molecule has 0 radical (unpaired) electrons. The molecule has 0 saturated heterocycles. The van der Waals surface area contributed by atoms with Gasteiger partial charge in [-0.2, -0.15) is 0 Å². The first-order valence-corrected chi connectivity index (χ1v) is 12.4. The maximum atomic E-state index is 12.2. The molecular formula is C32H29N3O2.